The van der Waals surface area contributed by atoms with Crippen molar-refractivity contribution in [2.75, 3.05) is 26.2 Å². The fourth-order valence-electron chi connectivity index (χ4n) is 2.75. The van der Waals surface area contributed by atoms with E-state index in [0.29, 0.717) is 0 Å². The van der Waals surface area contributed by atoms with Gasteiger partial charge in [-0.2, -0.15) is 0 Å². The van der Waals surface area contributed by atoms with Crippen LogP contribution in [0.2, 0.25) is 0 Å². The molecule has 0 radical (unpaired) electrons. The van der Waals surface area contributed by atoms with Crippen LogP contribution in [0, 0.1) is 0 Å². The average Bonchev–Trinajstić information content (AvgIpc) is 2.86. The van der Waals surface area contributed by atoms with E-state index in [1.54, 1.807) is 0 Å². The van der Waals surface area contributed by atoms with Gasteiger partial charge in [0.15, 0.2) is 0 Å². The summed E-state index contributed by atoms with van der Waals surface area (Å²) in [5.41, 5.74) is 0. The predicted molar refractivity (Wildman–Crippen MR) is 60.5 cm³/mol. The van der Waals surface area contributed by atoms with E-state index in [4.69, 9.17) is 0 Å². The maximum absolute atomic E-state index is 3.68. The summed E-state index contributed by atoms with van der Waals surface area (Å²) >= 11 is 0. The van der Waals surface area contributed by atoms with Gasteiger partial charge in [0.2, 0.25) is 0 Å². The van der Waals surface area contributed by atoms with Gasteiger partial charge in [0, 0.05) is 6.04 Å². The van der Waals surface area contributed by atoms with Gasteiger partial charge in [-0.05, 0) is 58.3 Å². The van der Waals surface area contributed by atoms with Crippen LogP contribution >= 0.6 is 0 Å². The minimum atomic E-state index is 0.855. The first-order valence-electron chi connectivity index (χ1n) is 6.41. The predicted octanol–water partition coefficient (Wildman–Crippen LogP) is 2.00. The van der Waals surface area contributed by atoms with Crippen LogP contribution < -0.4 is 5.32 Å². The third-order valence-electron chi connectivity index (χ3n) is 3.64. The highest BCUT2D eigenvalue weighted by molar-refractivity contribution is 4.74. The molecule has 0 unspecified atom stereocenters. The zero-order valence-corrected chi connectivity index (χ0v) is 9.30. The lowest BCUT2D eigenvalue weighted by molar-refractivity contribution is 0.327. The Labute approximate surface area is 88.1 Å². The van der Waals surface area contributed by atoms with Crippen LogP contribution in [0.3, 0.4) is 0 Å². The van der Waals surface area contributed by atoms with Gasteiger partial charge in [0.1, 0.15) is 0 Å². The molecule has 2 nitrogen and oxygen atoms in total. The standard InChI is InChI=1S/C12H24N2/c1-2-7-12(6-1)13-8-5-11-14-9-3-4-10-14/h12-13H,1-11H2. The van der Waals surface area contributed by atoms with Gasteiger partial charge in [-0.25, -0.2) is 0 Å². The molecule has 1 saturated heterocycles. The molecule has 1 saturated carbocycles. The third-order valence-corrected chi connectivity index (χ3v) is 3.64. The number of hydrogen-bond donors (Lipinski definition) is 1. The first-order valence-corrected chi connectivity index (χ1v) is 6.41. The lowest BCUT2D eigenvalue weighted by Crippen LogP contribution is -2.30. The van der Waals surface area contributed by atoms with E-state index < -0.39 is 0 Å². The van der Waals surface area contributed by atoms with Crippen molar-refractivity contribution in [2.24, 2.45) is 0 Å². The molecule has 0 aromatic rings. The Morgan fingerprint density at radius 3 is 2.43 bits per heavy atom. The van der Waals surface area contributed by atoms with Gasteiger partial charge < -0.3 is 10.2 Å². The van der Waals surface area contributed by atoms with Crippen molar-refractivity contribution in [3.05, 3.63) is 0 Å². The summed E-state index contributed by atoms with van der Waals surface area (Å²) in [4.78, 5) is 2.61. The van der Waals surface area contributed by atoms with Crippen molar-refractivity contribution in [1.29, 1.82) is 0 Å². The SMILES string of the molecule is C1CCC(NCCCN2CCCC2)C1. The lowest BCUT2D eigenvalue weighted by atomic mass is 10.2. The van der Waals surface area contributed by atoms with Gasteiger partial charge in [-0.15, -0.1) is 0 Å². The second-order valence-corrected chi connectivity index (χ2v) is 4.84. The van der Waals surface area contributed by atoms with E-state index in [1.807, 2.05) is 0 Å². The van der Waals surface area contributed by atoms with E-state index in [0.717, 1.165) is 6.04 Å². The van der Waals surface area contributed by atoms with Gasteiger partial charge >= 0.3 is 0 Å². The largest absolute Gasteiger partial charge is 0.314 e. The average molecular weight is 196 g/mol. The molecule has 0 bridgehead atoms. The number of hydrogen-bond acceptors (Lipinski definition) is 2. The first kappa shape index (κ1) is 10.4. The quantitative estimate of drug-likeness (QED) is 0.677. The van der Waals surface area contributed by atoms with Crippen LogP contribution in [0.4, 0.5) is 0 Å². The fourth-order valence-corrected chi connectivity index (χ4v) is 2.75. The smallest absolute Gasteiger partial charge is 0.00670 e. The molecule has 1 aliphatic carbocycles. The Kier molecular flexibility index (Phi) is 4.26. The van der Waals surface area contributed by atoms with Crippen molar-refractivity contribution in [2.45, 2.75) is 51.0 Å². The van der Waals surface area contributed by atoms with E-state index >= 15 is 0 Å². The molecule has 2 heteroatoms. The molecule has 2 aliphatic rings. The van der Waals surface area contributed by atoms with E-state index in [2.05, 4.69) is 10.2 Å². The molecule has 0 aromatic carbocycles. The molecule has 0 aromatic heterocycles. The van der Waals surface area contributed by atoms with Crippen LogP contribution in [0.5, 0.6) is 0 Å². The van der Waals surface area contributed by atoms with Crippen molar-refractivity contribution in [3.63, 3.8) is 0 Å². The molecule has 0 amide bonds. The second kappa shape index (κ2) is 5.72. The minimum Gasteiger partial charge on any atom is -0.314 e. The molecule has 0 atom stereocenters. The number of nitrogens with one attached hydrogen (secondary N) is 1. The molecule has 14 heavy (non-hydrogen) atoms. The van der Waals surface area contributed by atoms with Crippen LogP contribution in [0.25, 0.3) is 0 Å². The highest BCUT2D eigenvalue weighted by Crippen LogP contribution is 2.17. The molecular formula is C12H24N2. The highest BCUT2D eigenvalue weighted by atomic mass is 15.1. The summed E-state index contributed by atoms with van der Waals surface area (Å²) in [6.07, 6.45) is 9.93. The molecule has 2 fully saturated rings. The van der Waals surface area contributed by atoms with E-state index in [9.17, 15) is 0 Å². The Bertz CT molecular complexity index is 128. The Morgan fingerprint density at radius 2 is 1.71 bits per heavy atom. The summed E-state index contributed by atoms with van der Waals surface area (Å²) in [6, 6.07) is 0.855. The first-order chi connectivity index (χ1) is 6.95. The zero-order chi connectivity index (χ0) is 9.64. The fraction of sp³-hybridized carbons (Fsp3) is 1.00. The Balaban J connectivity index is 1.46. The summed E-state index contributed by atoms with van der Waals surface area (Å²) in [5, 5.41) is 3.68. The summed E-state index contributed by atoms with van der Waals surface area (Å²) in [7, 11) is 0. The monoisotopic (exact) mass is 196 g/mol. The maximum atomic E-state index is 3.68. The topological polar surface area (TPSA) is 15.3 Å². The van der Waals surface area contributed by atoms with Gasteiger partial charge in [0.05, 0.1) is 0 Å². The molecule has 2 rings (SSSR count). The van der Waals surface area contributed by atoms with E-state index in [-0.39, 0.29) is 0 Å². The van der Waals surface area contributed by atoms with Crippen molar-refractivity contribution < 1.29 is 0 Å². The number of nitrogens with zero attached hydrogens (tertiary/aromatic N) is 1. The zero-order valence-electron chi connectivity index (χ0n) is 9.30. The molecule has 1 N–H and O–H groups in total. The van der Waals surface area contributed by atoms with Crippen LogP contribution in [-0.4, -0.2) is 37.1 Å². The molecule has 1 heterocycles. The molecule has 82 valence electrons. The molecule has 1 aliphatic heterocycles. The van der Waals surface area contributed by atoms with Gasteiger partial charge in [-0.1, -0.05) is 12.8 Å². The van der Waals surface area contributed by atoms with Crippen molar-refractivity contribution in [1.82, 2.24) is 10.2 Å². The maximum Gasteiger partial charge on any atom is 0.00670 e. The highest BCUT2D eigenvalue weighted by Gasteiger charge is 2.14. The van der Waals surface area contributed by atoms with E-state index in [1.165, 1.54) is 71.1 Å². The van der Waals surface area contributed by atoms with Crippen LogP contribution in [0.15, 0.2) is 0 Å². The number of rotatable bonds is 5. The Hall–Kier alpha value is -0.0800. The molecular weight excluding hydrogens is 172 g/mol. The summed E-state index contributed by atoms with van der Waals surface area (Å²) < 4.78 is 0. The van der Waals surface area contributed by atoms with Gasteiger partial charge in [0.25, 0.3) is 0 Å². The normalized spacial score (nSPS) is 24.9. The van der Waals surface area contributed by atoms with Crippen molar-refractivity contribution in [3.8, 4) is 0 Å². The van der Waals surface area contributed by atoms with Gasteiger partial charge in [-0.3, -0.25) is 0 Å². The summed E-state index contributed by atoms with van der Waals surface area (Å²) in [5.74, 6) is 0. The Morgan fingerprint density at radius 1 is 1.00 bits per heavy atom. The van der Waals surface area contributed by atoms with Crippen LogP contribution in [-0.2, 0) is 0 Å². The number of likely N-dealkylation sites (tertiary alicyclic amines) is 1. The molecule has 0 spiro atoms. The van der Waals surface area contributed by atoms with Crippen LogP contribution in [0.1, 0.15) is 44.9 Å². The third kappa shape index (κ3) is 3.25. The van der Waals surface area contributed by atoms with Crippen molar-refractivity contribution >= 4 is 0 Å². The second-order valence-electron chi connectivity index (χ2n) is 4.84. The summed E-state index contributed by atoms with van der Waals surface area (Å²) in [6.45, 7) is 5.26. The lowest BCUT2D eigenvalue weighted by Gasteiger charge is -2.16. The minimum absolute atomic E-state index is 0.855.